The topological polar surface area (TPSA) is 45.2 Å². The second-order valence-corrected chi connectivity index (χ2v) is 12.9. The van der Waals surface area contributed by atoms with Crippen LogP contribution in [0.5, 0.6) is 0 Å². The lowest BCUT2D eigenvalue weighted by Crippen LogP contribution is -2.63. The Hall–Kier alpha value is -2.81. The summed E-state index contributed by atoms with van der Waals surface area (Å²) in [4.78, 5) is 20.9. The largest absolute Gasteiger partial charge is 0.459 e. The summed E-state index contributed by atoms with van der Waals surface area (Å²) in [5.41, 5.74) is 2.65. The fourth-order valence-electron chi connectivity index (χ4n) is 6.19. The molecule has 216 valence electrons. The monoisotopic (exact) mass is 617 g/mol. The molecule has 0 saturated carbocycles. The molecule has 2 saturated heterocycles. The van der Waals surface area contributed by atoms with Gasteiger partial charge in [0.1, 0.15) is 17.7 Å². The van der Waals surface area contributed by atoms with E-state index in [1.165, 1.54) is 5.56 Å². The molecule has 2 heterocycles. The van der Waals surface area contributed by atoms with E-state index in [2.05, 4.69) is 88.0 Å². The molecule has 41 heavy (non-hydrogen) atoms. The van der Waals surface area contributed by atoms with Crippen molar-refractivity contribution in [1.82, 2.24) is 14.7 Å². The van der Waals surface area contributed by atoms with Crippen molar-refractivity contribution in [2.75, 3.05) is 14.1 Å². The molecule has 0 radical (unpaired) electrons. The quantitative estimate of drug-likeness (QED) is 0.289. The zero-order valence-electron chi connectivity index (χ0n) is 24.7. The number of rotatable bonds is 6. The number of ether oxygens (including phenoxy) is 2. The van der Waals surface area contributed by atoms with Crippen molar-refractivity contribution in [3.05, 3.63) is 112 Å². The second kappa shape index (κ2) is 11.8. The van der Waals surface area contributed by atoms with Gasteiger partial charge in [0.25, 0.3) is 0 Å². The van der Waals surface area contributed by atoms with E-state index in [-0.39, 0.29) is 18.1 Å². The number of esters is 1. The van der Waals surface area contributed by atoms with Gasteiger partial charge < -0.3 is 9.47 Å². The van der Waals surface area contributed by atoms with Crippen molar-refractivity contribution in [3.8, 4) is 0 Å². The van der Waals surface area contributed by atoms with Crippen LogP contribution in [0.2, 0.25) is 0 Å². The van der Waals surface area contributed by atoms with Gasteiger partial charge >= 0.3 is 5.97 Å². The molecule has 0 bridgehead atoms. The Morgan fingerprint density at radius 1 is 0.927 bits per heavy atom. The first-order chi connectivity index (χ1) is 19.5. The van der Waals surface area contributed by atoms with Gasteiger partial charge in [0.05, 0.1) is 6.04 Å². The van der Waals surface area contributed by atoms with Crippen LogP contribution < -0.4 is 0 Å². The van der Waals surface area contributed by atoms with Crippen LogP contribution in [0.15, 0.2) is 95.5 Å². The van der Waals surface area contributed by atoms with E-state index in [1.807, 2.05) is 81.4 Å². The van der Waals surface area contributed by atoms with E-state index in [0.717, 1.165) is 15.6 Å². The molecule has 3 aromatic carbocycles. The molecule has 5 rings (SSSR count). The maximum absolute atomic E-state index is 14.2. The first-order valence-electron chi connectivity index (χ1n) is 14.2. The SMILES string of the molecule is C[C@H]1[C@H](c2ccccc2)N(C)C2(O[C@@H](/C(Br)=C/c3ccccc3)[C@H](C(=O)OC(C)(C)C)N2Cc2ccccc2)N1C. The third-order valence-corrected chi connectivity index (χ3v) is 8.73. The van der Waals surface area contributed by atoms with Crippen molar-refractivity contribution in [1.29, 1.82) is 0 Å². The van der Waals surface area contributed by atoms with Gasteiger partial charge in [0.2, 0.25) is 5.97 Å². The third kappa shape index (κ3) is 5.79. The van der Waals surface area contributed by atoms with Gasteiger partial charge in [-0.1, -0.05) is 107 Å². The Labute approximate surface area is 252 Å². The lowest BCUT2D eigenvalue weighted by atomic mass is 10.0. The molecule has 0 aliphatic carbocycles. The predicted octanol–water partition coefficient (Wildman–Crippen LogP) is 6.65. The number of benzene rings is 3. The molecule has 3 aromatic rings. The van der Waals surface area contributed by atoms with Crippen LogP contribution in [0.25, 0.3) is 6.08 Å². The van der Waals surface area contributed by atoms with Crippen LogP contribution in [0, 0.1) is 0 Å². The molecule has 0 amide bonds. The van der Waals surface area contributed by atoms with E-state index in [0.29, 0.717) is 6.54 Å². The van der Waals surface area contributed by atoms with Crippen LogP contribution in [-0.4, -0.2) is 64.5 Å². The normalized spacial score (nSPS) is 27.9. The highest BCUT2D eigenvalue weighted by atomic mass is 79.9. The average molecular weight is 619 g/mol. The number of carbonyl (C=O) groups is 1. The van der Waals surface area contributed by atoms with Crippen LogP contribution in [0.3, 0.4) is 0 Å². The van der Waals surface area contributed by atoms with Crippen molar-refractivity contribution in [2.24, 2.45) is 0 Å². The van der Waals surface area contributed by atoms with E-state index in [1.54, 1.807) is 0 Å². The van der Waals surface area contributed by atoms with E-state index in [9.17, 15) is 4.79 Å². The molecule has 7 heteroatoms. The second-order valence-electron chi connectivity index (χ2n) is 12.0. The summed E-state index contributed by atoms with van der Waals surface area (Å²) in [5.74, 6) is -1.34. The molecule has 0 aromatic heterocycles. The third-order valence-electron chi connectivity index (χ3n) is 8.05. The Balaban J connectivity index is 1.67. The number of carbonyl (C=O) groups excluding carboxylic acids is 1. The standard InChI is InChI=1S/C34H40BrN3O3/c1-24-29(27-20-14-9-15-21-27)37(6)34(36(24)5)38(23-26-18-12-8-13-19-26)30(32(39)41-33(2,3)4)31(40-34)28(35)22-25-16-10-7-11-17-25/h7-22,24,29-31H,23H2,1-6H3/b28-22-/t24-,29+,30+,31-,34?/m0/s1. The summed E-state index contributed by atoms with van der Waals surface area (Å²) in [5, 5.41) is 0. The van der Waals surface area contributed by atoms with Gasteiger partial charge in [-0.2, -0.15) is 0 Å². The summed E-state index contributed by atoms with van der Waals surface area (Å²) in [6.45, 7) is 8.43. The van der Waals surface area contributed by atoms with Gasteiger partial charge in [0, 0.05) is 17.1 Å². The molecule has 0 N–H and O–H groups in total. The van der Waals surface area contributed by atoms with Crippen molar-refractivity contribution in [2.45, 2.75) is 70.0 Å². The van der Waals surface area contributed by atoms with Crippen molar-refractivity contribution < 1.29 is 14.3 Å². The van der Waals surface area contributed by atoms with Crippen LogP contribution in [-0.2, 0) is 20.8 Å². The molecule has 1 unspecified atom stereocenters. The summed E-state index contributed by atoms with van der Waals surface area (Å²) >= 11 is 3.85. The molecule has 2 aliphatic rings. The lowest BCUT2D eigenvalue weighted by Gasteiger charge is -2.44. The Morgan fingerprint density at radius 2 is 1.49 bits per heavy atom. The molecule has 5 atom stereocenters. The number of hydrogen-bond donors (Lipinski definition) is 0. The number of halogens is 1. The fourth-order valence-corrected chi connectivity index (χ4v) is 6.80. The maximum atomic E-state index is 14.2. The van der Waals surface area contributed by atoms with Gasteiger partial charge in [0.15, 0.2) is 0 Å². The van der Waals surface area contributed by atoms with Gasteiger partial charge in [-0.3, -0.25) is 4.79 Å². The van der Waals surface area contributed by atoms with Crippen molar-refractivity contribution >= 4 is 28.0 Å². The molecule has 1 spiro atoms. The molecule has 2 aliphatic heterocycles. The van der Waals surface area contributed by atoms with Gasteiger partial charge in [-0.15, -0.1) is 0 Å². The molecular formula is C34H40BrN3O3. The van der Waals surface area contributed by atoms with E-state index < -0.39 is 23.7 Å². The first kappa shape index (κ1) is 29.7. The average Bonchev–Trinajstić information content (AvgIpc) is 3.38. The molecular weight excluding hydrogens is 578 g/mol. The van der Waals surface area contributed by atoms with Crippen molar-refractivity contribution in [3.63, 3.8) is 0 Å². The predicted molar refractivity (Wildman–Crippen MR) is 167 cm³/mol. The van der Waals surface area contributed by atoms with Gasteiger partial charge in [-0.25, -0.2) is 14.7 Å². The highest BCUT2D eigenvalue weighted by Crippen LogP contribution is 2.51. The zero-order valence-corrected chi connectivity index (χ0v) is 26.3. The Morgan fingerprint density at radius 3 is 2.07 bits per heavy atom. The highest BCUT2D eigenvalue weighted by Gasteiger charge is 2.67. The lowest BCUT2D eigenvalue weighted by molar-refractivity contribution is -0.259. The number of nitrogens with zero attached hydrogens (tertiary/aromatic N) is 3. The first-order valence-corrected chi connectivity index (χ1v) is 15.0. The number of hydrogen-bond acceptors (Lipinski definition) is 6. The van der Waals surface area contributed by atoms with Crippen LogP contribution in [0.1, 0.15) is 50.4 Å². The van der Waals surface area contributed by atoms with Crippen LogP contribution in [0.4, 0.5) is 0 Å². The summed E-state index contributed by atoms with van der Waals surface area (Å²) in [6.07, 6.45) is 1.43. The van der Waals surface area contributed by atoms with E-state index in [4.69, 9.17) is 9.47 Å². The maximum Gasteiger partial charge on any atom is 0.327 e. The zero-order chi connectivity index (χ0) is 29.4. The minimum absolute atomic E-state index is 0.0365. The Bertz CT molecular complexity index is 1360. The van der Waals surface area contributed by atoms with Crippen LogP contribution >= 0.6 is 15.9 Å². The molecule has 6 nitrogen and oxygen atoms in total. The van der Waals surface area contributed by atoms with E-state index >= 15 is 0 Å². The minimum atomic E-state index is -1.02. The van der Waals surface area contributed by atoms with Gasteiger partial charge in [-0.05, 0) is 64.6 Å². The summed E-state index contributed by atoms with van der Waals surface area (Å²) in [7, 11) is 4.18. The molecule has 2 fully saturated rings. The summed E-state index contributed by atoms with van der Waals surface area (Å²) in [6, 6.07) is 30.2. The summed E-state index contributed by atoms with van der Waals surface area (Å²) < 4.78 is 14.1. The number of likely N-dealkylation sites (N-methyl/N-ethyl adjacent to an activating group) is 2. The Kier molecular flexibility index (Phi) is 8.56. The minimum Gasteiger partial charge on any atom is -0.459 e. The fraction of sp³-hybridized carbons (Fsp3) is 0.382. The highest BCUT2D eigenvalue weighted by molar-refractivity contribution is 9.11. The smallest absolute Gasteiger partial charge is 0.327 e.